The molecule has 3 heterocycles. The number of fused-ring (bicyclic) bond motifs is 1. The molecule has 2 N–H and O–H groups in total. The molecule has 1 aromatic carbocycles. The Morgan fingerprint density at radius 1 is 1.12 bits per heavy atom. The number of amides is 1. The van der Waals surface area contributed by atoms with Crippen LogP contribution in [0.25, 0.3) is 10.3 Å². The van der Waals surface area contributed by atoms with Gasteiger partial charge in [-0.3, -0.25) is 4.79 Å². The molecule has 32 heavy (non-hydrogen) atoms. The number of unbranched alkanes of at least 4 members (excludes halogenated alkanes) is 2. The number of carbonyl (C=O) groups excluding carboxylic acids is 1. The number of anilines is 2. The molecule has 0 unspecified atom stereocenters. The average Bonchev–Trinajstić information content (AvgIpc) is 3.21. The highest BCUT2D eigenvalue weighted by atomic mass is 35.5. The third-order valence-corrected chi connectivity index (χ3v) is 6.66. The predicted octanol–water partition coefficient (Wildman–Crippen LogP) is 3.78. The van der Waals surface area contributed by atoms with Gasteiger partial charge in [-0.2, -0.15) is 4.98 Å². The molecule has 1 amide bonds. The second kappa shape index (κ2) is 10.3. The molecule has 0 bridgehead atoms. The van der Waals surface area contributed by atoms with Crippen molar-refractivity contribution in [2.75, 3.05) is 43.4 Å². The van der Waals surface area contributed by atoms with Crippen LogP contribution >= 0.6 is 22.9 Å². The lowest BCUT2D eigenvalue weighted by Gasteiger charge is -2.35. The minimum Gasteiger partial charge on any atom is -0.484 e. The van der Waals surface area contributed by atoms with E-state index in [2.05, 4.69) is 21.8 Å². The van der Waals surface area contributed by atoms with Gasteiger partial charge in [0.15, 0.2) is 17.3 Å². The lowest BCUT2D eigenvalue weighted by atomic mass is 10.2. The summed E-state index contributed by atoms with van der Waals surface area (Å²) in [6, 6.07) is 6.98. The molecule has 0 spiro atoms. The Morgan fingerprint density at radius 3 is 2.59 bits per heavy atom. The molecule has 1 aliphatic heterocycles. The van der Waals surface area contributed by atoms with E-state index in [9.17, 15) is 4.79 Å². The molecule has 4 rings (SSSR count). The van der Waals surface area contributed by atoms with E-state index in [-0.39, 0.29) is 18.5 Å². The minimum absolute atomic E-state index is 0.000457. The van der Waals surface area contributed by atoms with Crippen LogP contribution in [0.2, 0.25) is 5.02 Å². The molecule has 10 heteroatoms. The summed E-state index contributed by atoms with van der Waals surface area (Å²) in [6.07, 6.45) is 4.43. The number of carbonyl (C=O) groups is 1. The first-order valence-electron chi connectivity index (χ1n) is 10.9. The smallest absolute Gasteiger partial charge is 0.260 e. The zero-order valence-electron chi connectivity index (χ0n) is 18.1. The maximum Gasteiger partial charge on any atom is 0.260 e. The molecule has 170 valence electrons. The summed E-state index contributed by atoms with van der Waals surface area (Å²) in [7, 11) is 0. The van der Waals surface area contributed by atoms with E-state index in [0.717, 1.165) is 34.0 Å². The summed E-state index contributed by atoms with van der Waals surface area (Å²) >= 11 is 7.47. The van der Waals surface area contributed by atoms with E-state index < -0.39 is 0 Å². The van der Waals surface area contributed by atoms with Gasteiger partial charge in [-0.05, 0) is 37.1 Å². The van der Waals surface area contributed by atoms with Crippen molar-refractivity contribution in [2.45, 2.75) is 32.6 Å². The fraction of sp³-hybridized carbons (Fsp3) is 0.455. The summed E-state index contributed by atoms with van der Waals surface area (Å²) in [4.78, 5) is 31.0. The summed E-state index contributed by atoms with van der Waals surface area (Å²) < 4.78 is 5.59. The third-order valence-electron chi connectivity index (χ3n) is 5.40. The van der Waals surface area contributed by atoms with Gasteiger partial charge in [0.2, 0.25) is 5.95 Å². The molecule has 3 aromatic rings. The van der Waals surface area contributed by atoms with Crippen LogP contribution in [-0.2, 0) is 11.2 Å². The van der Waals surface area contributed by atoms with Crippen molar-refractivity contribution in [1.82, 2.24) is 19.9 Å². The average molecular weight is 475 g/mol. The molecule has 2 aromatic heterocycles. The van der Waals surface area contributed by atoms with Gasteiger partial charge in [0, 0.05) is 31.2 Å². The quantitative estimate of drug-likeness (QED) is 0.496. The van der Waals surface area contributed by atoms with Crippen molar-refractivity contribution >= 4 is 51.0 Å². The predicted molar refractivity (Wildman–Crippen MR) is 129 cm³/mol. The summed E-state index contributed by atoms with van der Waals surface area (Å²) in [5.74, 6) is 1.60. The fourth-order valence-electron chi connectivity index (χ4n) is 3.66. The molecule has 1 saturated heterocycles. The first-order chi connectivity index (χ1) is 15.5. The fourth-order valence-corrected chi connectivity index (χ4v) is 4.76. The van der Waals surface area contributed by atoms with Crippen LogP contribution in [0, 0.1) is 0 Å². The SMILES string of the molecule is CCCCCc1nc2c(N3CCN(C(=O)COc4ccc(Cl)cc4)CC3)nc(N)nc2s1. The number of thiazole rings is 1. The van der Waals surface area contributed by atoms with E-state index >= 15 is 0 Å². The van der Waals surface area contributed by atoms with E-state index in [1.807, 2.05) is 4.90 Å². The highest BCUT2D eigenvalue weighted by Gasteiger charge is 2.25. The maximum absolute atomic E-state index is 12.6. The van der Waals surface area contributed by atoms with Gasteiger partial charge in [-0.15, -0.1) is 0 Å². The molecular formula is C22H27ClN6O2S. The number of benzene rings is 1. The Hall–Kier alpha value is -2.65. The first-order valence-corrected chi connectivity index (χ1v) is 12.1. The number of rotatable bonds is 8. The largest absolute Gasteiger partial charge is 0.484 e. The molecule has 0 saturated carbocycles. The summed E-state index contributed by atoms with van der Waals surface area (Å²) in [5.41, 5.74) is 6.79. The van der Waals surface area contributed by atoms with Crippen LogP contribution in [0.5, 0.6) is 5.75 Å². The number of halogens is 1. The number of ether oxygens (including phenoxy) is 1. The Kier molecular flexibility index (Phi) is 7.26. The van der Waals surface area contributed by atoms with Crippen LogP contribution in [0.1, 0.15) is 31.2 Å². The van der Waals surface area contributed by atoms with Crippen LogP contribution in [0.15, 0.2) is 24.3 Å². The molecular weight excluding hydrogens is 448 g/mol. The summed E-state index contributed by atoms with van der Waals surface area (Å²) in [6.45, 7) is 4.67. The van der Waals surface area contributed by atoms with E-state index in [4.69, 9.17) is 27.1 Å². The number of nitrogens with zero attached hydrogens (tertiary/aromatic N) is 5. The Morgan fingerprint density at radius 2 is 1.88 bits per heavy atom. The van der Waals surface area contributed by atoms with Gasteiger partial charge in [0.05, 0.1) is 5.01 Å². The zero-order valence-corrected chi connectivity index (χ0v) is 19.7. The Labute approximate surface area is 196 Å². The number of piperazine rings is 1. The van der Waals surface area contributed by atoms with Gasteiger partial charge < -0.3 is 20.3 Å². The molecule has 0 radical (unpaired) electrons. The zero-order chi connectivity index (χ0) is 22.5. The van der Waals surface area contributed by atoms with E-state index in [1.54, 1.807) is 35.6 Å². The van der Waals surface area contributed by atoms with E-state index in [1.165, 1.54) is 12.8 Å². The molecule has 0 aliphatic carbocycles. The molecule has 1 aliphatic rings. The highest BCUT2D eigenvalue weighted by Crippen LogP contribution is 2.30. The second-order valence-corrected chi connectivity index (χ2v) is 9.23. The van der Waals surface area contributed by atoms with Gasteiger partial charge in [0.25, 0.3) is 5.91 Å². The van der Waals surface area contributed by atoms with Crippen LogP contribution in [0.4, 0.5) is 11.8 Å². The van der Waals surface area contributed by atoms with Crippen molar-refractivity contribution in [3.05, 3.63) is 34.3 Å². The normalized spacial score (nSPS) is 14.2. The van der Waals surface area contributed by atoms with Crippen molar-refractivity contribution in [3.63, 3.8) is 0 Å². The van der Waals surface area contributed by atoms with Gasteiger partial charge in [0.1, 0.15) is 11.3 Å². The Bertz CT molecular complexity index is 1070. The number of hydrogen-bond acceptors (Lipinski definition) is 8. The number of nitrogen functional groups attached to an aromatic ring is 1. The van der Waals surface area contributed by atoms with E-state index in [0.29, 0.717) is 37.0 Å². The van der Waals surface area contributed by atoms with Crippen molar-refractivity contribution in [3.8, 4) is 5.75 Å². The first kappa shape index (κ1) is 22.5. The van der Waals surface area contributed by atoms with Crippen LogP contribution in [-0.4, -0.2) is 58.5 Å². The second-order valence-electron chi connectivity index (χ2n) is 7.73. The molecule has 0 atom stereocenters. The topological polar surface area (TPSA) is 97.5 Å². The van der Waals surface area contributed by atoms with Crippen molar-refractivity contribution in [1.29, 1.82) is 0 Å². The maximum atomic E-state index is 12.6. The van der Waals surface area contributed by atoms with Gasteiger partial charge in [-0.1, -0.05) is 42.7 Å². The lowest BCUT2D eigenvalue weighted by molar-refractivity contribution is -0.133. The minimum atomic E-state index is -0.0428. The summed E-state index contributed by atoms with van der Waals surface area (Å²) in [5, 5.41) is 1.70. The van der Waals surface area contributed by atoms with Crippen molar-refractivity contribution in [2.24, 2.45) is 0 Å². The molecule has 8 nitrogen and oxygen atoms in total. The highest BCUT2D eigenvalue weighted by molar-refractivity contribution is 7.18. The standard InChI is InChI=1S/C22H27ClN6O2S/c1-2-3-4-5-17-25-19-20(26-22(24)27-21(19)32-17)29-12-10-28(11-13-29)18(30)14-31-16-8-6-15(23)7-9-16/h6-9H,2-5,10-14H2,1H3,(H2,24,26,27). The number of aromatic nitrogens is 3. The van der Waals surface area contributed by atoms with Crippen LogP contribution in [0.3, 0.4) is 0 Å². The number of nitrogens with two attached hydrogens (primary N) is 1. The number of hydrogen-bond donors (Lipinski definition) is 1. The molecule has 1 fully saturated rings. The monoisotopic (exact) mass is 474 g/mol. The lowest BCUT2D eigenvalue weighted by Crippen LogP contribution is -2.50. The van der Waals surface area contributed by atoms with Crippen LogP contribution < -0.4 is 15.4 Å². The Balaban J connectivity index is 1.37. The van der Waals surface area contributed by atoms with Gasteiger partial charge >= 0.3 is 0 Å². The van der Waals surface area contributed by atoms with Gasteiger partial charge in [-0.25, -0.2) is 9.97 Å². The third kappa shape index (κ3) is 5.39. The van der Waals surface area contributed by atoms with Crippen molar-refractivity contribution < 1.29 is 9.53 Å². The number of aryl methyl sites for hydroxylation is 1.